The van der Waals surface area contributed by atoms with E-state index in [1.54, 1.807) is 0 Å². The van der Waals surface area contributed by atoms with Crippen LogP contribution in [0, 0.1) is 0 Å². The molecular formula is C15H21N3S. The highest BCUT2D eigenvalue weighted by Gasteiger charge is 2.17. The molecule has 1 heterocycles. The van der Waals surface area contributed by atoms with E-state index in [9.17, 15) is 0 Å². The van der Waals surface area contributed by atoms with Crippen molar-refractivity contribution in [3.8, 4) is 0 Å². The second-order valence-corrected chi connectivity index (χ2v) is 5.66. The minimum atomic E-state index is 0.228. The summed E-state index contributed by atoms with van der Waals surface area (Å²) in [6, 6.07) is 8.59. The van der Waals surface area contributed by atoms with Gasteiger partial charge in [0.25, 0.3) is 0 Å². The first-order chi connectivity index (χ1) is 9.27. The molecule has 1 atom stereocenters. The van der Waals surface area contributed by atoms with Crippen LogP contribution < -0.4 is 5.73 Å². The van der Waals surface area contributed by atoms with Gasteiger partial charge < -0.3 is 5.73 Å². The molecule has 2 rings (SSSR count). The molecule has 0 saturated heterocycles. The Morgan fingerprint density at radius 2 is 2.11 bits per heavy atom. The highest BCUT2D eigenvalue weighted by Crippen LogP contribution is 2.26. The Hall–Kier alpha value is -1.10. The summed E-state index contributed by atoms with van der Waals surface area (Å²) in [4.78, 5) is 6.68. The topological polar surface area (TPSA) is 42.1 Å². The minimum Gasteiger partial charge on any atom is -0.329 e. The highest BCUT2D eigenvalue weighted by atomic mass is 32.2. The van der Waals surface area contributed by atoms with E-state index in [0.29, 0.717) is 6.54 Å². The lowest BCUT2D eigenvalue weighted by molar-refractivity contribution is 0.267. The van der Waals surface area contributed by atoms with E-state index >= 15 is 0 Å². The maximum absolute atomic E-state index is 5.99. The number of rotatable bonds is 6. The molecule has 102 valence electrons. The minimum absolute atomic E-state index is 0.228. The lowest BCUT2D eigenvalue weighted by Crippen LogP contribution is -2.32. The molecule has 0 fully saturated rings. The van der Waals surface area contributed by atoms with Crippen LogP contribution in [0.25, 0.3) is 10.8 Å². The Morgan fingerprint density at radius 3 is 2.84 bits per heavy atom. The maximum atomic E-state index is 5.99. The number of thioether (sulfide) groups is 1. The van der Waals surface area contributed by atoms with Crippen LogP contribution in [0.3, 0.4) is 0 Å². The largest absolute Gasteiger partial charge is 0.329 e. The molecule has 3 nitrogen and oxygen atoms in total. The van der Waals surface area contributed by atoms with Crippen LogP contribution in [0.1, 0.15) is 11.6 Å². The van der Waals surface area contributed by atoms with Crippen molar-refractivity contribution in [3.63, 3.8) is 0 Å². The number of aromatic nitrogens is 1. The monoisotopic (exact) mass is 275 g/mol. The van der Waals surface area contributed by atoms with Crippen LogP contribution in [0.4, 0.5) is 0 Å². The predicted molar refractivity (Wildman–Crippen MR) is 84.6 cm³/mol. The summed E-state index contributed by atoms with van der Waals surface area (Å²) in [5, 5.41) is 2.43. The van der Waals surface area contributed by atoms with Gasteiger partial charge in [0.2, 0.25) is 0 Å². The standard InChI is InChI=1S/C15H21N3S/c1-18(7-8-19-2)15(9-16)14-11-17-10-12-5-3-4-6-13(12)14/h3-6,10-11,15H,7-9,16H2,1-2H3. The van der Waals surface area contributed by atoms with Crippen molar-refractivity contribution in [2.75, 3.05) is 32.1 Å². The van der Waals surface area contributed by atoms with Crippen molar-refractivity contribution in [1.29, 1.82) is 0 Å². The summed E-state index contributed by atoms with van der Waals surface area (Å²) >= 11 is 1.86. The normalized spacial score (nSPS) is 13.1. The molecule has 19 heavy (non-hydrogen) atoms. The first-order valence-electron chi connectivity index (χ1n) is 6.49. The summed E-state index contributed by atoms with van der Waals surface area (Å²) in [7, 11) is 2.13. The summed E-state index contributed by atoms with van der Waals surface area (Å²) < 4.78 is 0. The van der Waals surface area contributed by atoms with E-state index in [-0.39, 0.29) is 6.04 Å². The molecule has 2 N–H and O–H groups in total. The smallest absolute Gasteiger partial charge is 0.0489 e. The Morgan fingerprint density at radius 1 is 1.32 bits per heavy atom. The van der Waals surface area contributed by atoms with E-state index in [4.69, 9.17) is 5.73 Å². The Bertz CT molecular complexity index is 524. The third-order valence-electron chi connectivity index (χ3n) is 3.46. The van der Waals surface area contributed by atoms with Gasteiger partial charge in [-0.05, 0) is 24.3 Å². The van der Waals surface area contributed by atoms with E-state index in [1.807, 2.05) is 30.2 Å². The lowest BCUT2D eigenvalue weighted by Gasteiger charge is -2.27. The van der Waals surface area contributed by atoms with E-state index in [1.165, 1.54) is 16.3 Å². The van der Waals surface area contributed by atoms with E-state index < -0.39 is 0 Å². The molecular weight excluding hydrogens is 254 g/mol. The van der Waals surface area contributed by atoms with Crippen molar-refractivity contribution in [2.45, 2.75) is 6.04 Å². The summed E-state index contributed by atoms with van der Waals surface area (Å²) in [5.74, 6) is 1.12. The van der Waals surface area contributed by atoms with Gasteiger partial charge in [-0.3, -0.25) is 9.88 Å². The highest BCUT2D eigenvalue weighted by molar-refractivity contribution is 7.98. The van der Waals surface area contributed by atoms with Gasteiger partial charge in [-0.2, -0.15) is 11.8 Å². The fourth-order valence-electron chi connectivity index (χ4n) is 2.34. The molecule has 0 amide bonds. The number of pyridine rings is 1. The van der Waals surface area contributed by atoms with Crippen LogP contribution in [0.2, 0.25) is 0 Å². The van der Waals surface area contributed by atoms with Gasteiger partial charge in [-0.15, -0.1) is 0 Å². The van der Waals surface area contributed by atoms with Gasteiger partial charge in [0, 0.05) is 42.7 Å². The van der Waals surface area contributed by atoms with Gasteiger partial charge in [0.15, 0.2) is 0 Å². The molecule has 0 aliphatic carbocycles. The first-order valence-corrected chi connectivity index (χ1v) is 7.89. The van der Waals surface area contributed by atoms with Gasteiger partial charge in [0.05, 0.1) is 0 Å². The lowest BCUT2D eigenvalue weighted by atomic mass is 10.0. The van der Waals surface area contributed by atoms with Gasteiger partial charge in [-0.1, -0.05) is 24.3 Å². The Labute approximate surface area is 119 Å². The van der Waals surface area contributed by atoms with Crippen LogP contribution in [-0.4, -0.2) is 42.0 Å². The second-order valence-electron chi connectivity index (χ2n) is 4.67. The third-order valence-corrected chi connectivity index (χ3v) is 4.05. The summed E-state index contributed by atoms with van der Waals surface area (Å²) in [5.41, 5.74) is 7.22. The quantitative estimate of drug-likeness (QED) is 0.879. The molecule has 0 spiro atoms. The van der Waals surface area contributed by atoms with Crippen LogP contribution in [0.5, 0.6) is 0 Å². The first kappa shape index (κ1) is 14.3. The fraction of sp³-hybridized carbons (Fsp3) is 0.400. The second kappa shape index (κ2) is 6.89. The molecule has 1 unspecified atom stereocenters. The zero-order chi connectivity index (χ0) is 13.7. The molecule has 0 aliphatic heterocycles. The SMILES string of the molecule is CSCCN(C)C(CN)c1cncc2ccccc12. The Kier molecular flexibility index (Phi) is 5.19. The molecule has 0 bridgehead atoms. The van der Waals surface area contributed by atoms with E-state index in [2.05, 4.69) is 41.4 Å². The average Bonchev–Trinajstić information content (AvgIpc) is 2.46. The zero-order valence-corrected chi connectivity index (χ0v) is 12.4. The number of benzene rings is 1. The molecule has 0 radical (unpaired) electrons. The van der Waals surface area contributed by atoms with Crippen LogP contribution in [0.15, 0.2) is 36.7 Å². The molecule has 2 aromatic rings. The predicted octanol–water partition coefficient (Wildman–Crippen LogP) is 2.53. The molecule has 4 heteroatoms. The summed E-state index contributed by atoms with van der Waals surface area (Å²) in [6.07, 6.45) is 5.99. The van der Waals surface area contributed by atoms with Crippen molar-refractivity contribution in [2.24, 2.45) is 5.73 Å². The Balaban J connectivity index is 2.35. The number of likely N-dealkylation sites (N-methyl/N-ethyl adjacent to an activating group) is 1. The number of hydrogen-bond acceptors (Lipinski definition) is 4. The van der Waals surface area contributed by atoms with Crippen molar-refractivity contribution < 1.29 is 0 Å². The summed E-state index contributed by atoms with van der Waals surface area (Å²) in [6.45, 7) is 1.65. The maximum Gasteiger partial charge on any atom is 0.0489 e. The van der Waals surface area contributed by atoms with Gasteiger partial charge >= 0.3 is 0 Å². The molecule has 1 aromatic heterocycles. The van der Waals surface area contributed by atoms with Crippen LogP contribution >= 0.6 is 11.8 Å². The fourth-order valence-corrected chi connectivity index (χ4v) is 2.81. The van der Waals surface area contributed by atoms with Crippen molar-refractivity contribution in [1.82, 2.24) is 9.88 Å². The number of nitrogens with two attached hydrogens (primary N) is 1. The average molecular weight is 275 g/mol. The molecule has 0 aliphatic rings. The van der Waals surface area contributed by atoms with Crippen molar-refractivity contribution in [3.05, 3.63) is 42.2 Å². The number of hydrogen-bond donors (Lipinski definition) is 1. The van der Waals surface area contributed by atoms with Crippen LogP contribution in [-0.2, 0) is 0 Å². The number of fused-ring (bicyclic) bond motifs is 1. The zero-order valence-electron chi connectivity index (χ0n) is 11.5. The van der Waals surface area contributed by atoms with Gasteiger partial charge in [0.1, 0.15) is 0 Å². The van der Waals surface area contributed by atoms with E-state index in [0.717, 1.165) is 12.3 Å². The third kappa shape index (κ3) is 3.26. The van der Waals surface area contributed by atoms with Crippen molar-refractivity contribution >= 4 is 22.5 Å². The molecule has 1 aromatic carbocycles. The van der Waals surface area contributed by atoms with Gasteiger partial charge in [-0.25, -0.2) is 0 Å². The number of nitrogens with zero attached hydrogens (tertiary/aromatic N) is 2. The molecule has 0 saturated carbocycles.